The Bertz CT molecular complexity index is 383. The summed E-state index contributed by atoms with van der Waals surface area (Å²) in [6.07, 6.45) is 0.888. The second kappa shape index (κ2) is 5.54. The lowest BCUT2D eigenvalue weighted by Gasteiger charge is -2.35. The molecular formula is C14H18ClF2N. The van der Waals surface area contributed by atoms with Crippen LogP contribution in [0.25, 0.3) is 0 Å². The minimum absolute atomic E-state index is 0.0228. The average Bonchev–Trinajstić information content (AvgIpc) is 2.35. The first-order valence-electron chi connectivity index (χ1n) is 6.29. The van der Waals surface area contributed by atoms with Gasteiger partial charge in [-0.25, -0.2) is 0 Å². The van der Waals surface area contributed by atoms with Gasteiger partial charge in [0.1, 0.15) is 0 Å². The number of halogens is 3. The molecule has 1 aromatic rings. The molecule has 1 fully saturated rings. The fourth-order valence-corrected chi connectivity index (χ4v) is 2.60. The quantitative estimate of drug-likeness (QED) is 0.759. The second-order valence-electron chi connectivity index (χ2n) is 5.09. The molecule has 0 spiro atoms. The third kappa shape index (κ3) is 3.21. The van der Waals surface area contributed by atoms with E-state index in [0.717, 1.165) is 6.42 Å². The van der Waals surface area contributed by atoms with E-state index in [2.05, 4.69) is 6.92 Å². The van der Waals surface area contributed by atoms with Gasteiger partial charge in [0.15, 0.2) is 0 Å². The Balaban J connectivity index is 2.00. The van der Waals surface area contributed by atoms with Crippen LogP contribution in [0, 0.1) is 5.92 Å². The van der Waals surface area contributed by atoms with Crippen LogP contribution < -0.4 is 0 Å². The maximum Gasteiger partial charge on any atom is 0.285 e. The van der Waals surface area contributed by atoms with E-state index in [4.69, 9.17) is 11.6 Å². The second-order valence-corrected chi connectivity index (χ2v) is 5.65. The normalized spacial score (nSPS) is 26.2. The summed E-state index contributed by atoms with van der Waals surface area (Å²) in [7, 11) is 0. The Morgan fingerprint density at radius 3 is 2.61 bits per heavy atom. The first kappa shape index (κ1) is 13.8. The molecule has 0 saturated carbocycles. The van der Waals surface area contributed by atoms with Crippen molar-refractivity contribution in [2.24, 2.45) is 5.92 Å². The zero-order valence-corrected chi connectivity index (χ0v) is 11.2. The fraction of sp³-hybridized carbons (Fsp3) is 0.571. The molecule has 2 rings (SSSR count). The van der Waals surface area contributed by atoms with Gasteiger partial charge in [0.05, 0.1) is 6.54 Å². The monoisotopic (exact) mass is 273 g/mol. The summed E-state index contributed by atoms with van der Waals surface area (Å²) >= 11 is 6.15. The topological polar surface area (TPSA) is 3.24 Å². The van der Waals surface area contributed by atoms with Gasteiger partial charge in [0, 0.05) is 17.5 Å². The fourth-order valence-electron chi connectivity index (χ4n) is 2.28. The van der Waals surface area contributed by atoms with Gasteiger partial charge in [-0.2, -0.15) is 8.78 Å². The lowest BCUT2D eigenvalue weighted by Crippen LogP contribution is -2.45. The molecule has 2 atom stereocenters. The molecule has 1 aliphatic heterocycles. The summed E-state index contributed by atoms with van der Waals surface area (Å²) in [5, 5.41) is -0.0228. The average molecular weight is 274 g/mol. The molecule has 0 N–H and O–H groups in total. The molecule has 1 nitrogen and oxygen atoms in total. The molecule has 2 unspecified atom stereocenters. The zero-order chi connectivity index (χ0) is 13.2. The van der Waals surface area contributed by atoms with Gasteiger partial charge in [0.2, 0.25) is 0 Å². The van der Waals surface area contributed by atoms with Crippen LogP contribution >= 0.6 is 11.6 Å². The number of nitrogens with zero attached hydrogens (tertiary/aromatic N) is 1. The number of benzene rings is 1. The van der Waals surface area contributed by atoms with E-state index in [9.17, 15) is 8.78 Å². The standard InChI is InChI=1S/C14H18ClF2N/c1-11-7-8-18(9-13(11)15)10-14(16,17)12-5-3-2-4-6-12/h2-6,11,13H,7-10H2,1H3. The maximum absolute atomic E-state index is 14.1. The molecule has 1 heterocycles. The van der Waals surface area contributed by atoms with Crippen LogP contribution in [0.5, 0.6) is 0 Å². The summed E-state index contributed by atoms with van der Waals surface area (Å²) in [6, 6.07) is 7.99. The third-order valence-electron chi connectivity index (χ3n) is 3.57. The van der Waals surface area contributed by atoms with Crippen LogP contribution in [0.1, 0.15) is 18.9 Å². The van der Waals surface area contributed by atoms with Gasteiger partial charge < -0.3 is 0 Å². The molecule has 0 radical (unpaired) electrons. The maximum atomic E-state index is 14.1. The largest absolute Gasteiger partial charge is 0.296 e. The van der Waals surface area contributed by atoms with Gasteiger partial charge >= 0.3 is 0 Å². The number of rotatable bonds is 3. The number of hydrogen-bond donors (Lipinski definition) is 0. The highest BCUT2D eigenvalue weighted by Crippen LogP contribution is 2.31. The SMILES string of the molecule is CC1CCN(CC(F)(F)c2ccccc2)CC1Cl. The van der Waals surface area contributed by atoms with Gasteiger partial charge in [-0.15, -0.1) is 11.6 Å². The van der Waals surface area contributed by atoms with Crippen molar-refractivity contribution < 1.29 is 8.78 Å². The van der Waals surface area contributed by atoms with Gasteiger partial charge in [-0.3, -0.25) is 4.90 Å². The smallest absolute Gasteiger partial charge is 0.285 e. The molecule has 0 amide bonds. The molecule has 1 aromatic carbocycles. The minimum Gasteiger partial charge on any atom is -0.296 e. The summed E-state index contributed by atoms with van der Waals surface area (Å²) in [5.41, 5.74) is 0.0785. The van der Waals surface area contributed by atoms with Crippen LogP contribution in [0.4, 0.5) is 8.78 Å². The Hall–Kier alpha value is -0.670. The lowest BCUT2D eigenvalue weighted by molar-refractivity contribution is -0.0435. The molecule has 0 bridgehead atoms. The van der Waals surface area contributed by atoms with Crippen LogP contribution in [0.2, 0.25) is 0 Å². The van der Waals surface area contributed by atoms with E-state index >= 15 is 0 Å². The predicted octanol–water partition coefficient (Wildman–Crippen LogP) is 3.73. The Labute approximate surface area is 112 Å². The highest BCUT2D eigenvalue weighted by Gasteiger charge is 2.36. The van der Waals surface area contributed by atoms with Gasteiger partial charge in [0.25, 0.3) is 5.92 Å². The van der Waals surface area contributed by atoms with Crippen molar-refractivity contribution in [1.82, 2.24) is 4.90 Å². The number of likely N-dealkylation sites (tertiary alicyclic amines) is 1. The van der Waals surface area contributed by atoms with Crippen molar-refractivity contribution in [2.45, 2.75) is 24.6 Å². The molecule has 18 heavy (non-hydrogen) atoms. The van der Waals surface area contributed by atoms with E-state index in [-0.39, 0.29) is 17.5 Å². The summed E-state index contributed by atoms with van der Waals surface area (Å²) in [4.78, 5) is 1.77. The third-order valence-corrected chi connectivity index (χ3v) is 4.14. The zero-order valence-electron chi connectivity index (χ0n) is 10.5. The van der Waals surface area contributed by atoms with Crippen molar-refractivity contribution in [1.29, 1.82) is 0 Å². The molecule has 4 heteroatoms. The van der Waals surface area contributed by atoms with E-state index in [0.29, 0.717) is 19.0 Å². The molecule has 100 valence electrons. The first-order valence-corrected chi connectivity index (χ1v) is 6.72. The molecular weight excluding hydrogens is 256 g/mol. The van der Waals surface area contributed by atoms with Crippen molar-refractivity contribution in [3.8, 4) is 0 Å². The van der Waals surface area contributed by atoms with Crippen LogP contribution in [0.3, 0.4) is 0 Å². The van der Waals surface area contributed by atoms with Crippen LogP contribution in [-0.4, -0.2) is 29.9 Å². The van der Waals surface area contributed by atoms with Crippen LogP contribution in [0.15, 0.2) is 30.3 Å². The van der Waals surface area contributed by atoms with Crippen molar-refractivity contribution in [2.75, 3.05) is 19.6 Å². The summed E-state index contributed by atoms with van der Waals surface area (Å²) in [6.45, 7) is 3.08. The minimum atomic E-state index is -2.81. The predicted molar refractivity (Wildman–Crippen MR) is 70.2 cm³/mol. The van der Waals surface area contributed by atoms with Crippen molar-refractivity contribution in [3.63, 3.8) is 0 Å². The number of alkyl halides is 3. The Morgan fingerprint density at radius 1 is 1.33 bits per heavy atom. The van der Waals surface area contributed by atoms with Gasteiger partial charge in [-0.05, 0) is 18.9 Å². The van der Waals surface area contributed by atoms with Gasteiger partial charge in [-0.1, -0.05) is 37.3 Å². The Morgan fingerprint density at radius 2 is 2.00 bits per heavy atom. The van der Waals surface area contributed by atoms with E-state index in [1.165, 1.54) is 12.1 Å². The van der Waals surface area contributed by atoms with E-state index < -0.39 is 5.92 Å². The van der Waals surface area contributed by atoms with E-state index in [1.807, 2.05) is 0 Å². The van der Waals surface area contributed by atoms with Crippen LogP contribution in [-0.2, 0) is 5.92 Å². The Kier molecular flexibility index (Phi) is 4.23. The summed E-state index contributed by atoms with van der Waals surface area (Å²) in [5.74, 6) is -2.40. The highest BCUT2D eigenvalue weighted by molar-refractivity contribution is 6.21. The first-order chi connectivity index (χ1) is 8.49. The van der Waals surface area contributed by atoms with Crippen molar-refractivity contribution >= 4 is 11.6 Å². The lowest BCUT2D eigenvalue weighted by atomic mass is 9.97. The van der Waals surface area contributed by atoms with E-state index in [1.54, 1.807) is 23.1 Å². The molecule has 0 aliphatic carbocycles. The molecule has 1 saturated heterocycles. The number of piperidine rings is 1. The summed E-state index contributed by atoms with van der Waals surface area (Å²) < 4.78 is 28.2. The number of hydrogen-bond acceptors (Lipinski definition) is 1. The van der Waals surface area contributed by atoms with Crippen molar-refractivity contribution in [3.05, 3.63) is 35.9 Å². The molecule has 0 aromatic heterocycles. The highest BCUT2D eigenvalue weighted by atomic mass is 35.5. The molecule has 1 aliphatic rings.